The summed E-state index contributed by atoms with van der Waals surface area (Å²) in [5.41, 5.74) is 0.767. The first-order valence-corrected chi connectivity index (χ1v) is 9.42. The van der Waals surface area contributed by atoms with Crippen LogP contribution in [0.3, 0.4) is 0 Å². The van der Waals surface area contributed by atoms with Crippen LogP contribution < -0.4 is 0 Å². The van der Waals surface area contributed by atoms with E-state index in [1.165, 1.54) is 0 Å². The molecule has 2 aliphatic rings. The number of Topliss-reactive ketones (excluding diaryl/α,β-unsaturated/α-hetero) is 1. The Hall–Kier alpha value is -2.21. The van der Waals surface area contributed by atoms with Crippen molar-refractivity contribution in [1.82, 2.24) is 4.90 Å². The number of carbonyl (C=O) groups is 3. The highest BCUT2D eigenvalue weighted by molar-refractivity contribution is 6.03. The van der Waals surface area contributed by atoms with E-state index in [0.717, 1.165) is 5.56 Å². The molecular formula is C21H27NO5. The van der Waals surface area contributed by atoms with Crippen LogP contribution in [0.1, 0.15) is 36.7 Å². The van der Waals surface area contributed by atoms with Gasteiger partial charge < -0.3 is 14.4 Å². The highest BCUT2D eigenvalue weighted by atomic mass is 16.6. The van der Waals surface area contributed by atoms with Crippen molar-refractivity contribution in [3.05, 3.63) is 35.4 Å². The van der Waals surface area contributed by atoms with Gasteiger partial charge in [0.05, 0.1) is 13.2 Å². The Morgan fingerprint density at radius 3 is 2.33 bits per heavy atom. The summed E-state index contributed by atoms with van der Waals surface area (Å²) in [6, 6.07) is 7.35. The van der Waals surface area contributed by atoms with E-state index in [2.05, 4.69) is 0 Å². The van der Waals surface area contributed by atoms with Crippen molar-refractivity contribution in [2.75, 3.05) is 26.3 Å². The van der Waals surface area contributed by atoms with Gasteiger partial charge in [0.25, 0.3) is 0 Å². The predicted molar refractivity (Wildman–Crippen MR) is 99.2 cm³/mol. The first-order valence-electron chi connectivity index (χ1n) is 9.42. The molecule has 0 aliphatic carbocycles. The number of morpholine rings is 1. The average Bonchev–Trinajstić information content (AvgIpc) is 2.89. The summed E-state index contributed by atoms with van der Waals surface area (Å²) in [5.74, 6) is -2.88. The van der Waals surface area contributed by atoms with E-state index in [-0.39, 0.29) is 11.7 Å². The summed E-state index contributed by atoms with van der Waals surface area (Å²) in [4.78, 5) is 40.4. The molecule has 2 heterocycles. The van der Waals surface area contributed by atoms with E-state index < -0.39 is 29.3 Å². The highest BCUT2D eigenvalue weighted by Crippen LogP contribution is 2.43. The van der Waals surface area contributed by atoms with Crippen LogP contribution in [0.25, 0.3) is 0 Å². The zero-order valence-electron chi connectivity index (χ0n) is 16.4. The summed E-state index contributed by atoms with van der Waals surface area (Å²) >= 11 is 0. The number of benzene rings is 1. The normalized spacial score (nSPS) is 25.8. The molecule has 0 radical (unpaired) electrons. The van der Waals surface area contributed by atoms with Crippen LogP contribution in [0.2, 0.25) is 0 Å². The van der Waals surface area contributed by atoms with E-state index >= 15 is 0 Å². The summed E-state index contributed by atoms with van der Waals surface area (Å²) in [7, 11) is 0. The number of rotatable bonds is 4. The van der Waals surface area contributed by atoms with Crippen LogP contribution in [0.4, 0.5) is 0 Å². The molecule has 0 spiro atoms. The van der Waals surface area contributed by atoms with Crippen LogP contribution in [-0.4, -0.2) is 54.5 Å². The van der Waals surface area contributed by atoms with E-state index in [4.69, 9.17) is 9.47 Å². The number of amides is 1. The Balaban J connectivity index is 1.88. The molecule has 0 saturated carbocycles. The summed E-state index contributed by atoms with van der Waals surface area (Å²) in [6.07, 6.45) is 0. The van der Waals surface area contributed by atoms with E-state index in [1.54, 1.807) is 37.8 Å². The Morgan fingerprint density at radius 1 is 1.15 bits per heavy atom. The zero-order chi connectivity index (χ0) is 19.8. The van der Waals surface area contributed by atoms with Crippen molar-refractivity contribution in [1.29, 1.82) is 0 Å². The second-order valence-electron chi connectivity index (χ2n) is 7.98. The molecule has 1 aromatic carbocycles. The molecule has 3 rings (SSSR count). The Bertz CT molecular complexity index is 733. The number of cyclic esters (lactones) is 1. The van der Waals surface area contributed by atoms with Crippen molar-refractivity contribution in [2.24, 2.45) is 17.8 Å². The van der Waals surface area contributed by atoms with Crippen LogP contribution in [0.5, 0.6) is 0 Å². The maximum Gasteiger partial charge on any atom is 0.319 e. The van der Waals surface area contributed by atoms with Gasteiger partial charge in [0.2, 0.25) is 5.91 Å². The van der Waals surface area contributed by atoms with Crippen molar-refractivity contribution in [3.8, 4) is 0 Å². The van der Waals surface area contributed by atoms with Gasteiger partial charge in [0.1, 0.15) is 11.5 Å². The van der Waals surface area contributed by atoms with Gasteiger partial charge in [-0.05, 0) is 20.8 Å². The van der Waals surface area contributed by atoms with Gasteiger partial charge in [0, 0.05) is 30.5 Å². The minimum Gasteiger partial charge on any atom is -0.459 e. The summed E-state index contributed by atoms with van der Waals surface area (Å²) < 4.78 is 10.8. The van der Waals surface area contributed by atoms with Gasteiger partial charge in [-0.3, -0.25) is 14.4 Å². The van der Waals surface area contributed by atoms with E-state index in [9.17, 15) is 14.4 Å². The van der Waals surface area contributed by atoms with E-state index in [0.29, 0.717) is 31.9 Å². The molecule has 27 heavy (non-hydrogen) atoms. The van der Waals surface area contributed by atoms with Crippen molar-refractivity contribution in [3.63, 3.8) is 0 Å². The number of nitrogens with zero attached hydrogens (tertiary/aromatic N) is 1. The standard InChI is InChI=1S/C21H27NO5/c1-13-5-7-15(8-6-13)18(23)14(2)17-16(20(25)27-21(17,3)4)19(24)22-9-11-26-12-10-22/h5-8,14,16-17H,9-12H2,1-4H3/t14-,16-,17-/m1/s1. The zero-order valence-corrected chi connectivity index (χ0v) is 16.4. The predicted octanol–water partition coefficient (Wildman–Crippen LogP) is 2.24. The molecule has 0 unspecified atom stereocenters. The molecule has 2 fully saturated rings. The molecule has 2 aliphatic heterocycles. The molecule has 6 nitrogen and oxygen atoms in total. The second-order valence-corrected chi connectivity index (χ2v) is 7.98. The third kappa shape index (κ3) is 3.76. The molecule has 0 aromatic heterocycles. The van der Waals surface area contributed by atoms with Crippen molar-refractivity contribution in [2.45, 2.75) is 33.3 Å². The maximum atomic E-state index is 13.1. The van der Waals surface area contributed by atoms with Gasteiger partial charge in [-0.1, -0.05) is 36.8 Å². The quantitative estimate of drug-likeness (QED) is 0.460. The number of hydrogen-bond acceptors (Lipinski definition) is 5. The van der Waals surface area contributed by atoms with Crippen LogP contribution in [-0.2, 0) is 19.1 Å². The average molecular weight is 373 g/mol. The van der Waals surface area contributed by atoms with E-state index in [1.807, 2.05) is 19.1 Å². The Kier molecular flexibility index (Phi) is 5.38. The fourth-order valence-electron chi connectivity index (χ4n) is 4.21. The van der Waals surface area contributed by atoms with Crippen molar-refractivity contribution >= 4 is 17.7 Å². The van der Waals surface area contributed by atoms with Crippen LogP contribution >= 0.6 is 0 Å². The first kappa shape index (κ1) is 19.5. The minimum absolute atomic E-state index is 0.0776. The lowest BCUT2D eigenvalue weighted by atomic mass is 9.72. The smallest absolute Gasteiger partial charge is 0.319 e. The SMILES string of the molecule is Cc1ccc(C(=O)[C@H](C)[C@@H]2[C@H](C(=O)N3CCOCC3)C(=O)OC2(C)C)cc1. The molecule has 1 amide bonds. The maximum absolute atomic E-state index is 13.1. The number of ether oxygens (including phenoxy) is 2. The number of hydrogen-bond donors (Lipinski definition) is 0. The third-order valence-corrected chi connectivity index (χ3v) is 5.66. The molecule has 3 atom stereocenters. The molecule has 0 N–H and O–H groups in total. The molecule has 6 heteroatoms. The van der Waals surface area contributed by atoms with Crippen LogP contribution in [0.15, 0.2) is 24.3 Å². The third-order valence-electron chi connectivity index (χ3n) is 5.66. The fraction of sp³-hybridized carbons (Fsp3) is 0.571. The fourth-order valence-corrected chi connectivity index (χ4v) is 4.21. The molecule has 2 saturated heterocycles. The van der Waals surface area contributed by atoms with Gasteiger partial charge in [0.15, 0.2) is 5.78 Å². The lowest BCUT2D eigenvalue weighted by molar-refractivity contribution is -0.153. The number of carbonyl (C=O) groups excluding carboxylic acids is 3. The van der Waals surface area contributed by atoms with Crippen LogP contribution in [0, 0.1) is 24.7 Å². The van der Waals surface area contributed by atoms with Gasteiger partial charge in [-0.25, -0.2) is 0 Å². The first-order chi connectivity index (χ1) is 12.7. The molecule has 146 valence electrons. The Morgan fingerprint density at radius 2 is 1.74 bits per heavy atom. The topological polar surface area (TPSA) is 72.9 Å². The monoisotopic (exact) mass is 373 g/mol. The Labute approximate surface area is 159 Å². The summed E-state index contributed by atoms with van der Waals surface area (Å²) in [5, 5.41) is 0. The largest absolute Gasteiger partial charge is 0.459 e. The summed E-state index contributed by atoms with van der Waals surface area (Å²) in [6.45, 7) is 9.13. The van der Waals surface area contributed by atoms with Gasteiger partial charge in [-0.15, -0.1) is 0 Å². The molecular weight excluding hydrogens is 346 g/mol. The molecule has 0 bridgehead atoms. The van der Waals surface area contributed by atoms with Crippen molar-refractivity contribution < 1.29 is 23.9 Å². The molecule has 1 aromatic rings. The number of aryl methyl sites for hydroxylation is 1. The lowest BCUT2D eigenvalue weighted by Crippen LogP contribution is -2.49. The second kappa shape index (κ2) is 7.43. The highest BCUT2D eigenvalue weighted by Gasteiger charge is 2.57. The minimum atomic E-state index is -0.956. The van der Waals surface area contributed by atoms with Gasteiger partial charge >= 0.3 is 5.97 Å². The lowest BCUT2D eigenvalue weighted by Gasteiger charge is -2.34. The van der Waals surface area contributed by atoms with Gasteiger partial charge in [-0.2, -0.15) is 0 Å². The number of esters is 1. The number of ketones is 1.